The van der Waals surface area contributed by atoms with Gasteiger partial charge in [-0.15, -0.1) is 0 Å². The fourth-order valence-electron chi connectivity index (χ4n) is 2.38. The third-order valence-electron chi connectivity index (χ3n) is 3.36. The van der Waals surface area contributed by atoms with E-state index in [1.807, 2.05) is 0 Å². The molecule has 2 saturated heterocycles. The van der Waals surface area contributed by atoms with Crippen LogP contribution in [0.1, 0.15) is 11.6 Å². The summed E-state index contributed by atoms with van der Waals surface area (Å²) >= 11 is 0. The van der Waals surface area contributed by atoms with Gasteiger partial charge in [-0.25, -0.2) is 0 Å². The summed E-state index contributed by atoms with van der Waals surface area (Å²) in [5, 5.41) is 6.88. The van der Waals surface area contributed by atoms with Gasteiger partial charge in [0.05, 0.1) is 0 Å². The molecule has 2 heteroatoms. The lowest BCUT2D eigenvalue weighted by Gasteiger charge is -2.57. The second kappa shape index (κ2) is 2.56. The van der Waals surface area contributed by atoms with E-state index in [1.54, 1.807) is 0 Å². The molecule has 1 aromatic carbocycles. The lowest BCUT2D eigenvalue weighted by molar-refractivity contribution is 0.0207. The van der Waals surface area contributed by atoms with Crippen molar-refractivity contribution in [2.45, 2.75) is 6.04 Å². The lowest BCUT2D eigenvalue weighted by Crippen LogP contribution is -2.71. The van der Waals surface area contributed by atoms with Crippen molar-refractivity contribution in [1.29, 1.82) is 0 Å². The molecule has 0 aliphatic carbocycles. The molecule has 0 bridgehead atoms. The first-order valence-electron chi connectivity index (χ1n) is 4.90. The summed E-state index contributed by atoms with van der Waals surface area (Å²) in [5.41, 5.74) is 1.98. The van der Waals surface area contributed by atoms with Crippen molar-refractivity contribution in [1.82, 2.24) is 10.6 Å². The van der Waals surface area contributed by atoms with Crippen LogP contribution in [0.2, 0.25) is 0 Å². The molecule has 1 aromatic rings. The molecule has 0 saturated carbocycles. The van der Waals surface area contributed by atoms with Gasteiger partial charge in [0.1, 0.15) is 0 Å². The summed E-state index contributed by atoms with van der Waals surface area (Å²) in [5.74, 6) is 0. The summed E-state index contributed by atoms with van der Waals surface area (Å²) < 4.78 is 0. The van der Waals surface area contributed by atoms with Gasteiger partial charge < -0.3 is 10.6 Å². The van der Waals surface area contributed by atoms with Gasteiger partial charge >= 0.3 is 0 Å². The Balaban J connectivity index is 1.87. The van der Waals surface area contributed by atoms with E-state index in [-0.39, 0.29) is 0 Å². The van der Waals surface area contributed by atoms with Crippen LogP contribution in [0, 0.1) is 5.41 Å². The molecule has 0 unspecified atom stereocenters. The first kappa shape index (κ1) is 7.54. The van der Waals surface area contributed by atoms with Crippen molar-refractivity contribution in [3.05, 3.63) is 35.9 Å². The summed E-state index contributed by atoms with van der Waals surface area (Å²) in [4.78, 5) is 0. The van der Waals surface area contributed by atoms with E-state index < -0.39 is 0 Å². The third-order valence-corrected chi connectivity index (χ3v) is 3.36. The van der Waals surface area contributed by atoms with Crippen LogP contribution in [0.5, 0.6) is 0 Å². The van der Waals surface area contributed by atoms with Crippen molar-refractivity contribution < 1.29 is 0 Å². The van der Waals surface area contributed by atoms with Gasteiger partial charge in [0.25, 0.3) is 0 Å². The minimum atomic E-state index is 0.543. The zero-order valence-corrected chi connectivity index (χ0v) is 7.59. The summed E-state index contributed by atoms with van der Waals surface area (Å²) in [6.07, 6.45) is 0. The van der Waals surface area contributed by atoms with Crippen molar-refractivity contribution >= 4 is 0 Å². The molecule has 3 rings (SSSR count). The number of nitrogens with one attached hydrogen (secondary N) is 2. The Morgan fingerprint density at radius 3 is 2.31 bits per heavy atom. The van der Waals surface area contributed by atoms with E-state index in [1.165, 1.54) is 25.2 Å². The second-order valence-electron chi connectivity index (χ2n) is 4.19. The van der Waals surface area contributed by atoms with Crippen LogP contribution < -0.4 is 10.6 Å². The van der Waals surface area contributed by atoms with Gasteiger partial charge in [0.2, 0.25) is 0 Å². The zero-order chi connectivity index (χ0) is 8.73. The van der Waals surface area contributed by atoms with Gasteiger partial charge in [-0.3, -0.25) is 0 Å². The van der Waals surface area contributed by atoms with Crippen molar-refractivity contribution in [2.75, 3.05) is 19.6 Å². The maximum Gasteiger partial charge on any atom is 0.0414 e. The molecular weight excluding hydrogens is 160 g/mol. The highest BCUT2D eigenvalue weighted by Gasteiger charge is 2.51. The van der Waals surface area contributed by atoms with E-state index in [2.05, 4.69) is 41.0 Å². The van der Waals surface area contributed by atoms with E-state index >= 15 is 0 Å². The average molecular weight is 174 g/mol. The van der Waals surface area contributed by atoms with E-state index in [0.29, 0.717) is 11.5 Å². The number of benzene rings is 1. The normalized spacial score (nSPS) is 29.4. The predicted octanol–water partition coefficient (Wildman–Crippen LogP) is 0.920. The van der Waals surface area contributed by atoms with Crippen LogP contribution in [-0.4, -0.2) is 19.6 Å². The first-order chi connectivity index (χ1) is 6.41. The second-order valence-corrected chi connectivity index (χ2v) is 4.19. The minimum Gasteiger partial charge on any atom is -0.315 e. The average Bonchev–Trinajstić information content (AvgIpc) is 2.01. The van der Waals surface area contributed by atoms with Gasteiger partial charge in [0, 0.05) is 31.1 Å². The summed E-state index contributed by atoms with van der Waals surface area (Å²) in [6, 6.07) is 11.3. The molecule has 0 amide bonds. The van der Waals surface area contributed by atoms with Crippen LogP contribution in [0.4, 0.5) is 0 Å². The smallest absolute Gasteiger partial charge is 0.0414 e. The van der Waals surface area contributed by atoms with Crippen LogP contribution in [0.25, 0.3) is 0 Å². The SMILES string of the molecule is c1ccc([C@@H]2NCC23CNC3)cc1. The van der Waals surface area contributed by atoms with Gasteiger partial charge in [-0.2, -0.15) is 0 Å². The standard InChI is InChI=1S/C11H14N2/c1-2-4-9(5-3-1)10-11(8-13-10)6-12-7-11/h1-5,10,12-13H,6-8H2/t10-/m0/s1. The molecular formula is C11H14N2. The Morgan fingerprint density at radius 1 is 1.08 bits per heavy atom. The van der Waals surface area contributed by atoms with Crippen molar-refractivity contribution in [3.63, 3.8) is 0 Å². The Bertz CT molecular complexity index is 298. The van der Waals surface area contributed by atoms with Crippen molar-refractivity contribution in [2.24, 2.45) is 5.41 Å². The van der Waals surface area contributed by atoms with E-state index in [4.69, 9.17) is 0 Å². The monoisotopic (exact) mass is 174 g/mol. The molecule has 0 aromatic heterocycles. The first-order valence-corrected chi connectivity index (χ1v) is 4.90. The summed E-state index contributed by atoms with van der Waals surface area (Å²) in [6.45, 7) is 3.54. The highest BCUT2D eigenvalue weighted by molar-refractivity contribution is 5.27. The molecule has 13 heavy (non-hydrogen) atoms. The quantitative estimate of drug-likeness (QED) is 0.661. The van der Waals surface area contributed by atoms with Crippen LogP contribution in [0.15, 0.2) is 30.3 Å². The maximum absolute atomic E-state index is 3.51. The molecule has 1 spiro atoms. The molecule has 2 aliphatic heterocycles. The van der Waals surface area contributed by atoms with Gasteiger partial charge in [-0.1, -0.05) is 30.3 Å². The van der Waals surface area contributed by atoms with Crippen LogP contribution in [-0.2, 0) is 0 Å². The highest BCUT2D eigenvalue weighted by Crippen LogP contribution is 2.43. The zero-order valence-electron chi connectivity index (χ0n) is 7.59. The number of hydrogen-bond acceptors (Lipinski definition) is 2. The molecule has 2 N–H and O–H groups in total. The maximum atomic E-state index is 3.51. The minimum absolute atomic E-state index is 0.543. The van der Waals surface area contributed by atoms with Crippen LogP contribution >= 0.6 is 0 Å². The van der Waals surface area contributed by atoms with Gasteiger partial charge in [0.15, 0.2) is 0 Å². The number of rotatable bonds is 1. The summed E-state index contributed by atoms with van der Waals surface area (Å²) in [7, 11) is 0. The number of hydrogen-bond donors (Lipinski definition) is 2. The molecule has 2 heterocycles. The van der Waals surface area contributed by atoms with E-state index in [9.17, 15) is 0 Å². The topological polar surface area (TPSA) is 24.1 Å². The molecule has 0 radical (unpaired) electrons. The highest BCUT2D eigenvalue weighted by atomic mass is 15.2. The third kappa shape index (κ3) is 0.960. The Labute approximate surface area is 78.3 Å². The fraction of sp³-hybridized carbons (Fsp3) is 0.455. The predicted molar refractivity (Wildman–Crippen MR) is 52.5 cm³/mol. The molecule has 2 nitrogen and oxygen atoms in total. The Hall–Kier alpha value is -0.860. The molecule has 2 aliphatic rings. The molecule has 2 fully saturated rings. The van der Waals surface area contributed by atoms with Crippen LogP contribution in [0.3, 0.4) is 0 Å². The molecule has 68 valence electrons. The largest absolute Gasteiger partial charge is 0.315 e. The van der Waals surface area contributed by atoms with Gasteiger partial charge in [-0.05, 0) is 5.56 Å². The Morgan fingerprint density at radius 2 is 1.85 bits per heavy atom. The fourth-order valence-corrected chi connectivity index (χ4v) is 2.38. The van der Waals surface area contributed by atoms with E-state index in [0.717, 1.165) is 0 Å². The van der Waals surface area contributed by atoms with Crippen molar-refractivity contribution in [3.8, 4) is 0 Å². The lowest BCUT2D eigenvalue weighted by atomic mass is 9.66. The molecule has 1 atom stereocenters. The Kier molecular flexibility index (Phi) is 1.49.